The van der Waals surface area contributed by atoms with E-state index in [-0.39, 0.29) is 5.91 Å². The lowest BCUT2D eigenvalue weighted by molar-refractivity contribution is 0.0304. The van der Waals surface area contributed by atoms with Crippen LogP contribution in [0, 0.1) is 5.82 Å². The molecular formula is C19H16FN5O2. The number of morpholine rings is 1. The van der Waals surface area contributed by atoms with Gasteiger partial charge in [0.05, 0.1) is 36.7 Å². The van der Waals surface area contributed by atoms with E-state index >= 15 is 0 Å². The standard InChI is InChI=1S/C19H16FN5O2/c20-13-8-14-15(10-22-18(14)21-9-13)12-1-2-25-17(7-12)16(11-23-25)19(26)24-3-5-27-6-4-24/h1-2,7-11H,3-6H2,(H,21,22). The van der Waals surface area contributed by atoms with E-state index < -0.39 is 5.82 Å². The molecule has 0 aromatic carbocycles. The lowest BCUT2D eigenvalue weighted by Gasteiger charge is -2.26. The summed E-state index contributed by atoms with van der Waals surface area (Å²) in [6, 6.07) is 5.24. The highest BCUT2D eigenvalue weighted by Gasteiger charge is 2.22. The molecule has 7 nitrogen and oxygen atoms in total. The minimum absolute atomic E-state index is 0.0583. The fourth-order valence-electron chi connectivity index (χ4n) is 3.47. The van der Waals surface area contributed by atoms with Gasteiger partial charge in [-0.1, -0.05) is 0 Å². The molecule has 0 radical (unpaired) electrons. The summed E-state index contributed by atoms with van der Waals surface area (Å²) < 4.78 is 20.6. The van der Waals surface area contributed by atoms with Crippen LogP contribution in [0.25, 0.3) is 27.7 Å². The smallest absolute Gasteiger partial charge is 0.257 e. The molecular weight excluding hydrogens is 349 g/mol. The topological polar surface area (TPSA) is 75.5 Å². The third-order valence-corrected chi connectivity index (χ3v) is 4.86. The predicted octanol–water partition coefficient (Wildman–Crippen LogP) is 2.49. The molecule has 0 atom stereocenters. The molecule has 1 aliphatic heterocycles. The molecule has 136 valence electrons. The lowest BCUT2D eigenvalue weighted by Crippen LogP contribution is -2.40. The number of halogens is 1. The van der Waals surface area contributed by atoms with Crippen molar-refractivity contribution >= 4 is 22.5 Å². The van der Waals surface area contributed by atoms with Gasteiger partial charge < -0.3 is 14.6 Å². The van der Waals surface area contributed by atoms with E-state index in [1.807, 2.05) is 12.1 Å². The molecule has 4 aromatic rings. The van der Waals surface area contributed by atoms with Crippen LogP contribution in [0.2, 0.25) is 0 Å². The quantitative estimate of drug-likeness (QED) is 0.592. The first-order valence-electron chi connectivity index (χ1n) is 8.68. The summed E-state index contributed by atoms with van der Waals surface area (Å²) in [6.07, 6.45) is 6.37. The minimum Gasteiger partial charge on any atom is -0.378 e. The Hall–Kier alpha value is -3.26. The van der Waals surface area contributed by atoms with E-state index in [0.29, 0.717) is 48.4 Å². The fourth-order valence-corrected chi connectivity index (χ4v) is 3.47. The molecule has 27 heavy (non-hydrogen) atoms. The normalized spacial score (nSPS) is 14.9. The van der Waals surface area contributed by atoms with Gasteiger partial charge in [0.1, 0.15) is 11.5 Å². The van der Waals surface area contributed by atoms with Gasteiger partial charge in [0, 0.05) is 36.4 Å². The molecule has 0 bridgehead atoms. The SMILES string of the molecule is O=C(c1cnn2ccc(-c3c[nH]c4ncc(F)cc34)cc12)N1CCOCC1. The average molecular weight is 365 g/mol. The number of carbonyl (C=O) groups excluding carboxylic acids is 1. The van der Waals surface area contributed by atoms with Gasteiger partial charge in [-0.25, -0.2) is 13.9 Å². The summed E-state index contributed by atoms with van der Waals surface area (Å²) in [6.45, 7) is 2.24. The van der Waals surface area contributed by atoms with Gasteiger partial charge in [0.2, 0.25) is 0 Å². The zero-order valence-corrected chi connectivity index (χ0v) is 14.4. The third kappa shape index (κ3) is 2.65. The number of pyridine rings is 2. The predicted molar refractivity (Wildman–Crippen MR) is 97.0 cm³/mol. The summed E-state index contributed by atoms with van der Waals surface area (Å²) >= 11 is 0. The van der Waals surface area contributed by atoms with Crippen molar-refractivity contribution in [2.45, 2.75) is 0 Å². The van der Waals surface area contributed by atoms with Gasteiger partial charge in [-0.05, 0) is 23.8 Å². The second-order valence-electron chi connectivity index (χ2n) is 6.46. The highest BCUT2D eigenvalue weighted by atomic mass is 19.1. The molecule has 8 heteroatoms. The second-order valence-corrected chi connectivity index (χ2v) is 6.46. The Balaban J connectivity index is 1.60. The number of ether oxygens (including phenoxy) is 1. The Morgan fingerprint density at radius 2 is 2.07 bits per heavy atom. The van der Waals surface area contributed by atoms with Gasteiger partial charge >= 0.3 is 0 Å². The van der Waals surface area contributed by atoms with Crippen LogP contribution in [0.4, 0.5) is 4.39 Å². The van der Waals surface area contributed by atoms with E-state index in [1.165, 1.54) is 12.3 Å². The Kier molecular flexibility index (Phi) is 3.64. The van der Waals surface area contributed by atoms with Crippen molar-refractivity contribution in [3.05, 3.63) is 54.4 Å². The van der Waals surface area contributed by atoms with E-state index in [9.17, 15) is 9.18 Å². The van der Waals surface area contributed by atoms with Crippen LogP contribution in [0.15, 0.2) is 43.0 Å². The molecule has 0 saturated carbocycles. The molecule has 1 saturated heterocycles. The van der Waals surface area contributed by atoms with E-state index in [0.717, 1.165) is 11.1 Å². The molecule has 1 amide bonds. The van der Waals surface area contributed by atoms with Gasteiger partial charge in [-0.2, -0.15) is 5.10 Å². The second kappa shape index (κ2) is 6.17. The molecule has 5 heterocycles. The number of nitrogens with zero attached hydrogens (tertiary/aromatic N) is 4. The van der Waals surface area contributed by atoms with Crippen molar-refractivity contribution in [2.75, 3.05) is 26.3 Å². The first kappa shape index (κ1) is 16.0. The highest BCUT2D eigenvalue weighted by Crippen LogP contribution is 2.29. The molecule has 0 spiro atoms. The summed E-state index contributed by atoms with van der Waals surface area (Å²) in [5.74, 6) is -0.450. The zero-order chi connectivity index (χ0) is 18.4. The van der Waals surface area contributed by atoms with Gasteiger partial charge in [0.25, 0.3) is 5.91 Å². The van der Waals surface area contributed by atoms with E-state index in [4.69, 9.17) is 4.74 Å². The van der Waals surface area contributed by atoms with E-state index in [2.05, 4.69) is 15.1 Å². The molecule has 0 unspecified atom stereocenters. The van der Waals surface area contributed by atoms with Crippen molar-refractivity contribution in [1.29, 1.82) is 0 Å². The maximum absolute atomic E-state index is 13.6. The molecule has 1 aliphatic rings. The molecule has 4 aromatic heterocycles. The number of amides is 1. The first-order chi connectivity index (χ1) is 13.2. The van der Waals surface area contributed by atoms with Crippen LogP contribution in [0.1, 0.15) is 10.4 Å². The maximum atomic E-state index is 13.6. The number of hydrogen-bond donors (Lipinski definition) is 1. The molecule has 1 N–H and O–H groups in total. The van der Waals surface area contributed by atoms with Gasteiger partial charge in [-0.3, -0.25) is 4.79 Å². The fraction of sp³-hybridized carbons (Fsp3) is 0.211. The first-order valence-corrected chi connectivity index (χ1v) is 8.68. The lowest BCUT2D eigenvalue weighted by atomic mass is 10.1. The molecule has 0 aliphatic carbocycles. The summed E-state index contributed by atoms with van der Waals surface area (Å²) in [4.78, 5) is 21.8. The van der Waals surface area contributed by atoms with Crippen LogP contribution < -0.4 is 0 Å². The van der Waals surface area contributed by atoms with Crippen LogP contribution in [0.3, 0.4) is 0 Å². The number of carbonyl (C=O) groups is 1. The van der Waals surface area contributed by atoms with Crippen LogP contribution >= 0.6 is 0 Å². The van der Waals surface area contributed by atoms with Crippen LogP contribution in [0.5, 0.6) is 0 Å². The van der Waals surface area contributed by atoms with Crippen LogP contribution in [-0.4, -0.2) is 56.7 Å². The van der Waals surface area contributed by atoms with Gasteiger partial charge in [0.15, 0.2) is 0 Å². The van der Waals surface area contributed by atoms with E-state index in [1.54, 1.807) is 28.0 Å². The third-order valence-electron chi connectivity index (χ3n) is 4.86. The van der Waals surface area contributed by atoms with Crippen molar-refractivity contribution in [1.82, 2.24) is 24.5 Å². The largest absolute Gasteiger partial charge is 0.378 e. The summed E-state index contributed by atoms with van der Waals surface area (Å²) in [5, 5.41) is 4.99. The van der Waals surface area contributed by atoms with Gasteiger partial charge in [-0.15, -0.1) is 0 Å². The number of H-pyrrole nitrogens is 1. The maximum Gasteiger partial charge on any atom is 0.257 e. The number of fused-ring (bicyclic) bond motifs is 2. The Morgan fingerprint density at radius 3 is 2.93 bits per heavy atom. The molecule has 5 rings (SSSR count). The zero-order valence-electron chi connectivity index (χ0n) is 14.4. The van der Waals surface area contributed by atoms with Crippen LogP contribution in [-0.2, 0) is 4.74 Å². The average Bonchev–Trinajstić information content (AvgIpc) is 3.31. The number of hydrogen-bond acceptors (Lipinski definition) is 4. The summed E-state index contributed by atoms with van der Waals surface area (Å²) in [7, 11) is 0. The van der Waals surface area contributed by atoms with Crippen molar-refractivity contribution in [3.63, 3.8) is 0 Å². The number of nitrogens with one attached hydrogen (secondary N) is 1. The Bertz CT molecular complexity index is 1160. The number of aromatic amines is 1. The monoisotopic (exact) mass is 365 g/mol. The number of rotatable bonds is 2. The Labute approximate surface area is 153 Å². The number of aromatic nitrogens is 4. The van der Waals surface area contributed by atoms with Crippen molar-refractivity contribution in [2.24, 2.45) is 0 Å². The van der Waals surface area contributed by atoms with Crippen molar-refractivity contribution < 1.29 is 13.9 Å². The molecule has 1 fully saturated rings. The summed E-state index contributed by atoms with van der Waals surface area (Å²) in [5.41, 5.74) is 3.55. The van der Waals surface area contributed by atoms with Crippen molar-refractivity contribution in [3.8, 4) is 11.1 Å². The minimum atomic E-state index is -0.392. The Morgan fingerprint density at radius 1 is 1.22 bits per heavy atom. The highest BCUT2D eigenvalue weighted by molar-refractivity contribution is 6.02.